The van der Waals surface area contributed by atoms with Crippen LogP contribution in [0.25, 0.3) is 0 Å². The van der Waals surface area contributed by atoms with Crippen molar-refractivity contribution in [2.45, 2.75) is 18.4 Å². The molecule has 1 spiro atoms. The fourth-order valence-corrected chi connectivity index (χ4v) is 5.54. The summed E-state index contributed by atoms with van der Waals surface area (Å²) in [6.45, 7) is 3.89. The average molecular weight is 507 g/mol. The Kier molecular flexibility index (Phi) is 5.20. The molecule has 1 unspecified atom stereocenters. The van der Waals surface area contributed by atoms with Gasteiger partial charge in [0, 0.05) is 46.9 Å². The second-order valence-electron chi connectivity index (χ2n) is 9.18. The molecule has 8 heteroatoms. The van der Waals surface area contributed by atoms with Crippen LogP contribution >= 0.6 is 0 Å². The van der Waals surface area contributed by atoms with E-state index >= 15 is 0 Å². The van der Waals surface area contributed by atoms with Gasteiger partial charge in [-0.25, -0.2) is 4.79 Å². The first-order valence-electron chi connectivity index (χ1n) is 11.9. The smallest absolute Gasteiger partial charge is 0.340 e. The van der Waals surface area contributed by atoms with Gasteiger partial charge in [0.15, 0.2) is 5.60 Å². The topological polar surface area (TPSA) is 119 Å². The second kappa shape index (κ2) is 8.48. The molecular weight excluding hydrogens is 486 g/mol. The molecule has 4 aromatic rings. The lowest BCUT2D eigenvalue weighted by Gasteiger charge is -2.38. The number of rotatable bonds is 5. The molecule has 8 nitrogen and oxygen atoms in total. The molecule has 0 saturated heterocycles. The van der Waals surface area contributed by atoms with Crippen LogP contribution in [0.3, 0.4) is 0 Å². The minimum atomic E-state index is -1.44. The maximum Gasteiger partial charge on any atom is 0.340 e. The molecule has 0 fully saturated rings. The minimum Gasteiger partial charge on any atom is -0.508 e. The van der Waals surface area contributed by atoms with Crippen LogP contribution in [0.15, 0.2) is 85.5 Å². The second-order valence-corrected chi connectivity index (χ2v) is 9.18. The Bertz CT molecular complexity index is 1680. The molecule has 0 amide bonds. The zero-order valence-corrected chi connectivity index (χ0v) is 20.0. The number of nitro benzene ring substituents is 1. The summed E-state index contributed by atoms with van der Waals surface area (Å²) in [5, 5.41) is 33.1. The third kappa shape index (κ3) is 3.27. The number of esters is 1. The van der Waals surface area contributed by atoms with Crippen LogP contribution in [0.2, 0.25) is 0 Å². The summed E-state index contributed by atoms with van der Waals surface area (Å²) in [5.41, 5.74) is 1.91. The number of fused-ring (bicyclic) bond motifs is 6. The first-order chi connectivity index (χ1) is 18.3. The van der Waals surface area contributed by atoms with Gasteiger partial charge in [0.05, 0.1) is 16.1 Å². The predicted octanol–water partition coefficient (Wildman–Crippen LogP) is 5.89. The van der Waals surface area contributed by atoms with Crippen molar-refractivity contribution >= 4 is 11.7 Å². The monoisotopic (exact) mass is 507 g/mol. The summed E-state index contributed by atoms with van der Waals surface area (Å²) in [6, 6.07) is 19.4. The van der Waals surface area contributed by atoms with E-state index in [9.17, 15) is 25.1 Å². The lowest BCUT2D eigenvalue weighted by molar-refractivity contribution is -0.385. The number of phenols is 2. The highest BCUT2D eigenvalue weighted by atomic mass is 16.6. The lowest BCUT2D eigenvalue weighted by Crippen LogP contribution is -2.34. The predicted molar refractivity (Wildman–Crippen MR) is 138 cm³/mol. The molecule has 0 saturated carbocycles. The standard InChI is InChI=1S/C30H21NO7/c1-2-7-19-21(14-17-8-3-6-11-24(17)31(35)36)25(33)16-27-28(19)30(23-13-12-18(32)15-26(23)37-27)22-10-5-4-9-20(22)29(34)38-30/h2-6,8-13,15-16,32-33H,1,7,14H2. The number of para-hydroxylation sites is 1. The normalized spacial score (nSPS) is 16.7. The Hall–Kier alpha value is -5.11. The zero-order valence-electron chi connectivity index (χ0n) is 20.0. The van der Waals surface area contributed by atoms with Crippen molar-refractivity contribution in [1.29, 1.82) is 0 Å². The van der Waals surface area contributed by atoms with Crippen molar-refractivity contribution < 1.29 is 29.4 Å². The average Bonchev–Trinajstić information content (AvgIpc) is 3.18. The SMILES string of the molecule is C=CCc1c(Cc2ccccc2[N+](=O)[O-])c(O)cc2c1C1(OC(=O)c3ccccc31)c1ccc(O)cc1O2. The zero-order chi connectivity index (χ0) is 26.6. The van der Waals surface area contributed by atoms with Crippen molar-refractivity contribution in [1.82, 2.24) is 0 Å². The van der Waals surface area contributed by atoms with Crippen LogP contribution in [0.1, 0.15) is 43.7 Å². The number of ether oxygens (including phenoxy) is 2. The maximum atomic E-state index is 13.2. The Morgan fingerprint density at radius 3 is 2.50 bits per heavy atom. The van der Waals surface area contributed by atoms with Gasteiger partial charge in [-0.2, -0.15) is 0 Å². The number of nitro groups is 1. The van der Waals surface area contributed by atoms with Gasteiger partial charge in [0.2, 0.25) is 0 Å². The number of hydrogen-bond acceptors (Lipinski definition) is 7. The van der Waals surface area contributed by atoms with Crippen LogP contribution in [-0.4, -0.2) is 21.1 Å². The van der Waals surface area contributed by atoms with E-state index in [1.807, 2.05) is 0 Å². The summed E-state index contributed by atoms with van der Waals surface area (Å²) in [7, 11) is 0. The number of hydrogen-bond donors (Lipinski definition) is 2. The molecule has 2 aliphatic heterocycles. The van der Waals surface area contributed by atoms with E-state index in [2.05, 4.69) is 6.58 Å². The quantitative estimate of drug-likeness (QED) is 0.150. The summed E-state index contributed by atoms with van der Waals surface area (Å²) >= 11 is 0. The molecule has 4 aromatic carbocycles. The fraction of sp³-hybridized carbons (Fsp3) is 0.100. The number of nitrogens with zero attached hydrogens (tertiary/aromatic N) is 1. The van der Waals surface area contributed by atoms with Crippen LogP contribution in [-0.2, 0) is 23.2 Å². The molecule has 0 radical (unpaired) electrons. The van der Waals surface area contributed by atoms with E-state index in [4.69, 9.17) is 9.47 Å². The van der Waals surface area contributed by atoms with E-state index < -0.39 is 16.5 Å². The molecule has 38 heavy (non-hydrogen) atoms. The summed E-state index contributed by atoms with van der Waals surface area (Å²) in [5.74, 6) is -0.172. The van der Waals surface area contributed by atoms with Gasteiger partial charge >= 0.3 is 5.97 Å². The Morgan fingerprint density at radius 2 is 1.71 bits per heavy atom. The molecule has 0 bridgehead atoms. The molecule has 188 valence electrons. The number of carbonyl (C=O) groups is 1. The number of aromatic hydroxyl groups is 2. The first kappa shape index (κ1) is 23.3. The number of benzene rings is 4. The van der Waals surface area contributed by atoms with Crippen molar-refractivity contribution in [2.75, 3.05) is 0 Å². The fourth-order valence-electron chi connectivity index (χ4n) is 5.54. The van der Waals surface area contributed by atoms with Gasteiger partial charge < -0.3 is 19.7 Å². The molecule has 1 atom stereocenters. The van der Waals surface area contributed by atoms with Crippen LogP contribution in [0, 0.1) is 10.1 Å². The van der Waals surface area contributed by atoms with E-state index in [-0.39, 0.29) is 41.5 Å². The minimum absolute atomic E-state index is 0.0384. The van der Waals surface area contributed by atoms with Gasteiger partial charge in [0.25, 0.3) is 5.69 Å². The Morgan fingerprint density at radius 1 is 0.947 bits per heavy atom. The van der Waals surface area contributed by atoms with Crippen molar-refractivity contribution in [2.24, 2.45) is 0 Å². The highest BCUT2D eigenvalue weighted by Gasteiger charge is 2.55. The lowest BCUT2D eigenvalue weighted by atomic mass is 9.74. The van der Waals surface area contributed by atoms with Crippen LogP contribution < -0.4 is 4.74 Å². The van der Waals surface area contributed by atoms with Gasteiger partial charge in [-0.15, -0.1) is 6.58 Å². The molecule has 2 N–H and O–H groups in total. The van der Waals surface area contributed by atoms with Gasteiger partial charge in [-0.3, -0.25) is 10.1 Å². The Labute approximate surface area is 217 Å². The van der Waals surface area contributed by atoms with Crippen LogP contribution in [0.4, 0.5) is 5.69 Å². The van der Waals surface area contributed by atoms with E-state index in [1.165, 1.54) is 24.3 Å². The van der Waals surface area contributed by atoms with Gasteiger partial charge in [0.1, 0.15) is 23.0 Å². The van der Waals surface area contributed by atoms with Crippen molar-refractivity contribution in [3.05, 3.63) is 135 Å². The largest absolute Gasteiger partial charge is 0.508 e. The molecule has 6 rings (SSSR count). The maximum absolute atomic E-state index is 13.2. The Balaban J connectivity index is 1.68. The highest BCUT2D eigenvalue weighted by molar-refractivity contribution is 5.97. The van der Waals surface area contributed by atoms with E-state index in [0.29, 0.717) is 38.9 Å². The van der Waals surface area contributed by atoms with Gasteiger partial charge in [-0.05, 0) is 30.2 Å². The third-order valence-corrected chi connectivity index (χ3v) is 7.08. The van der Waals surface area contributed by atoms with Gasteiger partial charge in [-0.1, -0.05) is 42.5 Å². The summed E-state index contributed by atoms with van der Waals surface area (Å²) in [4.78, 5) is 24.5. The van der Waals surface area contributed by atoms with E-state index in [0.717, 1.165) is 0 Å². The van der Waals surface area contributed by atoms with E-state index in [1.54, 1.807) is 54.6 Å². The molecule has 2 heterocycles. The number of phenolic OH excluding ortho intramolecular Hbond substituents is 2. The number of allylic oxidation sites excluding steroid dienone is 1. The first-order valence-corrected chi connectivity index (χ1v) is 11.9. The van der Waals surface area contributed by atoms with Crippen molar-refractivity contribution in [3.63, 3.8) is 0 Å². The molecule has 0 aliphatic carbocycles. The molecule has 2 aliphatic rings. The summed E-state index contributed by atoms with van der Waals surface area (Å²) in [6.07, 6.45) is 1.96. The third-order valence-electron chi connectivity index (χ3n) is 7.08. The van der Waals surface area contributed by atoms with Crippen molar-refractivity contribution in [3.8, 4) is 23.0 Å². The molecular formula is C30H21NO7. The molecule has 0 aromatic heterocycles. The number of carbonyl (C=O) groups excluding carboxylic acids is 1. The van der Waals surface area contributed by atoms with Crippen LogP contribution in [0.5, 0.6) is 23.0 Å². The highest BCUT2D eigenvalue weighted by Crippen LogP contribution is 2.59. The summed E-state index contributed by atoms with van der Waals surface area (Å²) < 4.78 is 12.4.